The molecule has 1 amide bonds. The van der Waals surface area contributed by atoms with Crippen LogP contribution in [-0.2, 0) is 4.79 Å². The molecule has 0 radical (unpaired) electrons. The number of nitrogens with two attached hydrogens (primary N) is 1. The summed E-state index contributed by atoms with van der Waals surface area (Å²) in [5.74, 6) is 0.0476. The first-order chi connectivity index (χ1) is 8.49. The Hall–Kier alpha value is -1.34. The molecule has 7 heteroatoms. The van der Waals surface area contributed by atoms with Crippen molar-refractivity contribution in [2.75, 3.05) is 5.75 Å². The number of hydrogen-bond acceptors (Lipinski definition) is 5. The van der Waals surface area contributed by atoms with E-state index in [-0.39, 0.29) is 11.5 Å². The van der Waals surface area contributed by atoms with Crippen molar-refractivity contribution in [1.29, 1.82) is 0 Å². The van der Waals surface area contributed by atoms with E-state index in [1.165, 1.54) is 24.0 Å². The molecule has 1 atom stereocenters. The number of carbonyl (C=O) groups excluding carboxylic acids is 1. The Bertz CT molecular complexity index is 500. The predicted octanol–water partition coefficient (Wildman–Crippen LogP) is -0.142. The van der Waals surface area contributed by atoms with Crippen LogP contribution in [0.5, 0.6) is 0 Å². The highest BCUT2D eigenvalue weighted by molar-refractivity contribution is 7.99. The highest BCUT2D eigenvalue weighted by atomic mass is 32.2. The molecule has 1 unspecified atom stereocenters. The number of aromatic amines is 1. The SMILES string of the molecule is CC(CSc1nccc(=O)[nH]1)(NC1CC1)C(N)=O. The van der Waals surface area contributed by atoms with Crippen molar-refractivity contribution in [3.8, 4) is 0 Å². The molecule has 1 aliphatic carbocycles. The summed E-state index contributed by atoms with van der Waals surface area (Å²) in [7, 11) is 0. The first kappa shape index (κ1) is 13.1. The Kier molecular flexibility index (Phi) is 3.72. The average molecular weight is 268 g/mol. The maximum atomic E-state index is 11.5. The molecule has 1 heterocycles. The third kappa shape index (κ3) is 3.33. The van der Waals surface area contributed by atoms with Crippen LogP contribution >= 0.6 is 11.8 Å². The second-order valence-electron chi connectivity index (χ2n) is 4.64. The molecule has 4 N–H and O–H groups in total. The summed E-state index contributed by atoms with van der Waals surface area (Å²) in [4.78, 5) is 29.3. The third-order valence-electron chi connectivity index (χ3n) is 2.79. The van der Waals surface area contributed by atoms with Gasteiger partial charge in [0.2, 0.25) is 5.91 Å². The number of nitrogens with zero attached hydrogens (tertiary/aromatic N) is 1. The summed E-state index contributed by atoms with van der Waals surface area (Å²) >= 11 is 1.31. The minimum absolute atomic E-state index is 0.205. The average Bonchev–Trinajstić information content (AvgIpc) is 3.10. The van der Waals surface area contributed by atoms with Crippen LogP contribution in [0.1, 0.15) is 19.8 Å². The number of hydrogen-bond donors (Lipinski definition) is 3. The number of amides is 1. The molecular weight excluding hydrogens is 252 g/mol. The summed E-state index contributed by atoms with van der Waals surface area (Å²) in [6, 6.07) is 1.73. The minimum Gasteiger partial charge on any atom is -0.368 e. The van der Waals surface area contributed by atoms with Gasteiger partial charge in [0.15, 0.2) is 5.16 Å². The van der Waals surface area contributed by atoms with Gasteiger partial charge in [0, 0.05) is 24.1 Å². The van der Waals surface area contributed by atoms with E-state index >= 15 is 0 Å². The molecular formula is C11H16N4O2S. The summed E-state index contributed by atoms with van der Waals surface area (Å²) in [6.45, 7) is 1.78. The van der Waals surface area contributed by atoms with E-state index in [0.29, 0.717) is 17.0 Å². The van der Waals surface area contributed by atoms with Gasteiger partial charge in [-0.25, -0.2) is 4.98 Å². The maximum Gasteiger partial charge on any atom is 0.251 e. The van der Waals surface area contributed by atoms with E-state index in [1.54, 1.807) is 6.92 Å². The molecule has 1 aliphatic rings. The van der Waals surface area contributed by atoms with Crippen molar-refractivity contribution in [1.82, 2.24) is 15.3 Å². The molecule has 0 saturated heterocycles. The lowest BCUT2D eigenvalue weighted by atomic mass is 10.1. The van der Waals surface area contributed by atoms with Crippen molar-refractivity contribution in [3.63, 3.8) is 0 Å². The fraction of sp³-hybridized carbons (Fsp3) is 0.545. The topological polar surface area (TPSA) is 101 Å². The molecule has 18 heavy (non-hydrogen) atoms. The first-order valence-corrected chi connectivity index (χ1v) is 6.74. The van der Waals surface area contributed by atoms with Crippen LogP contribution in [-0.4, -0.2) is 33.2 Å². The lowest BCUT2D eigenvalue weighted by Crippen LogP contribution is -2.56. The van der Waals surface area contributed by atoms with E-state index in [2.05, 4.69) is 15.3 Å². The van der Waals surface area contributed by atoms with Crippen molar-refractivity contribution >= 4 is 17.7 Å². The van der Waals surface area contributed by atoms with E-state index in [4.69, 9.17) is 5.73 Å². The van der Waals surface area contributed by atoms with Crippen molar-refractivity contribution < 1.29 is 4.79 Å². The lowest BCUT2D eigenvalue weighted by Gasteiger charge is -2.26. The third-order valence-corrected chi connectivity index (χ3v) is 3.99. The minimum atomic E-state index is -0.778. The van der Waals surface area contributed by atoms with Crippen LogP contribution in [0, 0.1) is 0 Å². The fourth-order valence-electron chi connectivity index (χ4n) is 1.50. The number of rotatable bonds is 6. The standard InChI is InChI=1S/C11H16N4O2S/c1-11(9(12)17,15-7-2-3-7)6-18-10-13-5-4-8(16)14-10/h4-5,7,15H,2-3,6H2,1H3,(H2,12,17)(H,13,14,16). The quantitative estimate of drug-likeness (QED) is 0.492. The van der Waals surface area contributed by atoms with E-state index in [0.717, 1.165) is 12.8 Å². The second-order valence-corrected chi connectivity index (χ2v) is 5.61. The number of primary amides is 1. The zero-order chi connectivity index (χ0) is 13.2. The van der Waals surface area contributed by atoms with E-state index in [9.17, 15) is 9.59 Å². The Morgan fingerprint density at radius 3 is 3.00 bits per heavy atom. The zero-order valence-corrected chi connectivity index (χ0v) is 10.9. The predicted molar refractivity (Wildman–Crippen MR) is 69.3 cm³/mol. The number of H-pyrrole nitrogens is 1. The number of thioether (sulfide) groups is 1. The van der Waals surface area contributed by atoms with Gasteiger partial charge >= 0.3 is 0 Å². The molecule has 98 valence electrons. The summed E-state index contributed by atoms with van der Waals surface area (Å²) in [5, 5.41) is 3.73. The molecule has 2 rings (SSSR count). The van der Waals surface area contributed by atoms with E-state index in [1.807, 2.05) is 0 Å². The molecule has 1 aromatic rings. The molecule has 1 saturated carbocycles. The smallest absolute Gasteiger partial charge is 0.251 e. The molecule has 0 bridgehead atoms. The monoisotopic (exact) mass is 268 g/mol. The van der Waals surface area contributed by atoms with Crippen molar-refractivity contribution in [2.45, 2.75) is 36.5 Å². The van der Waals surface area contributed by atoms with Crippen LogP contribution in [0.3, 0.4) is 0 Å². The van der Waals surface area contributed by atoms with Gasteiger partial charge in [0.1, 0.15) is 5.54 Å². The van der Waals surface area contributed by atoms with Crippen LogP contribution in [0.25, 0.3) is 0 Å². The molecule has 0 aliphatic heterocycles. The van der Waals surface area contributed by atoms with Gasteiger partial charge in [-0.2, -0.15) is 0 Å². The number of aromatic nitrogens is 2. The Labute approximate surface area is 109 Å². The van der Waals surface area contributed by atoms with Crippen molar-refractivity contribution in [3.05, 3.63) is 22.6 Å². The Morgan fingerprint density at radius 2 is 2.44 bits per heavy atom. The van der Waals surface area contributed by atoms with Crippen LogP contribution in [0.2, 0.25) is 0 Å². The largest absolute Gasteiger partial charge is 0.368 e. The maximum absolute atomic E-state index is 11.5. The van der Waals surface area contributed by atoms with Gasteiger partial charge in [-0.15, -0.1) is 0 Å². The normalized spacial score (nSPS) is 18.3. The van der Waals surface area contributed by atoms with Gasteiger partial charge < -0.3 is 16.0 Å². The number of nitrogens with one attached hydrogen (secondary N) is 2. The Balaban J connectivity index is 2.00. The van der Waals surface area contributed by atoms with Crippen LogP contribution in [0.15, 0.2) is 22.2 Å². The molecule has 1 aromatic heterocycles. The Morgan fingerprint density at radius 1 is 1.72 bits per heavy atom. The van der Waals surface area contributed by atoms with Crippen molar-refractivity contribution in [2.24, 2.45) is 5.73 Å². The summed E-state index contributed by atoms with van der Waals surface area (Å²) in [6.07, 6.45) is 3.60. The lowest BCUT2D eigenvalue weighted by molar-refractivity contribution is -0.123. The summed E-state index contributed by atoms with van der Waals surface area (Å²) < 4.78 is 0. The highest BCUT2D eigenvalue weighted by Crippen LogP contribution is 2.25. The second kappa shape index (κ2) is 5.11. The summed E-state index contributed by atoms with van der Waals surface area (Å²) in [5.41, 5.74) is 4.45. The molecule has 0 aromatic carbocycles. The van der Waals surface area contributed by atoms with Gasteiger partial charge in [-0.05, 0) is 19.8 Å². The first-order valence-electron chi connectivity index (χ1n) is 5.75. The number of carbonyl (C=O) groups is 1. The molecule has 1 fully saturated rings. The van der Waals surface area contributed by atoms with Gasteiger partial charge in [-0.3, -0.25) is 9.59 Å². The van der Waals surface area contributed by atoms with Gasteiger partial charge in [0.05, 0.1) is 0 Å². The molecule has 6 nitrogen and oxygen atoms in total. The zero-order valence-electron chi connectivity index (χ0n) is 10.1. The van der Waals surface area contributed by atoms with E-state index < -0.39 is 5.54 Å². The van der Waals surface area contributed by atoms with Gasteiger partial charge in [-0.1, -0.05) is 11.8 Å². The van der Waals surface area contributed by atoms with Crippen LogP contribution in [0.4, 0.5) is 0 Å². The van der Waals surface area contributed by atoms with Crippen LogP contribution < -0.4 is 16.6 Å². The highest BCUT2D eigenvalue weighted by Gasteiger charge is 2.37. The van der Waals surface area contributed by atoms with Gasteiger partial charge in [0.25, 0.3) is 5.56 Å². The molecule has 0 spiro atoms. The fourth-order valence-corrected chi connectivity index (χ4v) is 2.46.